The highest BCUT2D eigenvalue weighted by molar-refractivity contribution is 14.0. The van der Waals surface area contributed by atoms with Crippen LogP contribution >= 0.6 is 24.0 Å². The van der Waals surface area contributed by atoms with Gasteiger partial charge < -0.3 is 15.4 Å². The van der Waals surface area contributed by atoms with E-state index in [1.807, 2.05) is 20.8 Å². The molecule has 0 spiro atoms. The SMILES string of the molecule is CCNC(=NCCCOCC)NC(C)CCS(C)(=O)=O.I. The summed E-state index contributed by atoms with van der Waals surface area (Å²) in [6, 6.07) is 0.0643. The highest BCUT2D eigenvalue weighted by Crippen LogP contribution is 1.95. The fourth-order valence-corrected chi connectivity index (χ4v) is 2.30. The minimum atomic E-state index is -2.91. The molecule has 2 N–H and O–H groups in total. The third kappa shape index (κ3) is 16.1. The maximum atomic E-state index is 11.1. The first-order valence-electron chi connectivity index (χ1n) is 7.19. The molecule has 0 aliphatic rings. The molecule has 0 saturated carbocycles. The van der Waals surface area contributed by atoms with Gasteiger partial charge in [0.1, 0.15) is 9.84 Å². The van der Waals surface area contributed by atoms with Crippen LogP contribution in [0, 0.1) is 0 Å². The fourth-order valence-electron chi connectivity index (χ4n) is 1.52. The normalized spacial score (nSPS) is 13.4. The average molecular weight is 435 g/mol. The van der Waals surface area contributed by atoms with Gasteiger partial charge in [-0.1, -0.05) is 0 Å². The van der Waals surface area contributed by atoms with Crippen molar-refractivity contribution in [1.82, 2.24) is 10.6 Å². The van der Waals surface area contributed by atoms with Gasteiger partial charge in [-0.05, 0) is 33.6 Å². The molecule has 0 aliphatic heterocycles. The van der Waals surface area contributed by atoms with Crippen molar-refractivity contribution in [2.45, 2.75) is 39.7 Å². The number of hydrogen-bond donors (Lipinski definition) is 2. The Bertz CT molecular complexity index is 375. The largest absolute Gasteiger partial charge is 0.382 e. The first-order chi connectivity index (χ1) is 9.39. The fraction of sp³-hybridized carbons (Fsp3) is 0.923. The van der Waals surface area contributed by atoms with Crippen molar-refractivity contribution >= 4 is 39.8 Å². The van der Waals surface area contributed by atoms with E-state index in [4.69, 9.17) is 4.74 Å². The van der Waals surface area contributed by atoms with Crippen LogP contribution in [-0.4, -0.2) is 58.7 Å². The Morgan fingerprint density at radius 2 is 2.00 bits per heavy atom. The molecule has 0 fully saturated rings. The molecule has 1 unspecified atom stereocenters. The van der Waals surface area contributed by atoms with E-state index in [9.17, 15) is 8.42 Å². The van der Waals surface area contributed by atoms with Gasteiger partial charge in [0, 0.05) is 38.6 Å². The predicted octanol–water partition coefficient (Wildman–Crippen LogP) is 1.41. The second-order valence-electron chi connectivity index (χ2n) is 4.78. The van der Waals surface area contributed by atoms with Gasteiger partial charge in [-0.25, -0.2) is 8.42 Å². The van der Waals surface area contributed by atoms with Gasteiger partial charge in [-0.15, -0.1) is 24.0 Å². The second-order valence-corrected chi connectivity index (χ2v) is 7.03. The standard InChI is InChI=1S/C13H29N3O3S.HI/c1-5-14-13(15-9-7-10-19-6-2)16-12(3)8-11-20(4,17)18;/h12H,5-11H2,1-4H3,(H2,14,15,16);1H. The molecular weight excluding hydrogens is 405 g/mol. The molecule has 8 heteroatoms. The number of halogens is 1. The van der Waals surface area contributed by atoms with E-state index in [1.54, 1.807) is 0 Å². The van der Waals surface area contributed by atoms with E-state index < -0.39 is 9.84 Å². The minimum absolute atomic E-state index is 0. The van der Waals surface area contributed by atoms with Crippen LogP contribution in [0.4, 0.5) is 0 Å². The van der Waals surface area contributed by atoms with Gasteiger partial charge in [0.05, 0.1) is 5.75 Å². The number of nitrogens with zero attached hydrogens (tertiary/aromatic N) is 1. The quantitative estimate of drug-likeness (QED) is 0.235. The molecule has 128 valence electrons. The lowest BCUT2D eigenvalue weighted by Gasteiger charge is -2.17. The Balaban J connectivity index is 0. The highest BCUT2D eigenvalue weighted by atomic mass is 127. The summed E-state index contributed by atoms with van der Waals surface area (Å²) in [6.07, 6.45) is 2.71. The first-order valence-corrected chi connectivity index (χ1v) is 9.25. The molecule has 21 heavy (non-hydrogen) atoms. The van der Waals surface area contributed by atoms with Crippen LogP contribution in [0.1, 0.15) is 33.6 Å². The van der Waals surface area contributed by atoms with Gasteiger partial charge in [-0.3, -0.25) is 4.99 Å². The zero-order chi connectivity index (χ0) is 15.4. The number of sulfone groups is 1. The third-order valence-corrected chi connectivity index (χ3v) is 3.55. The lowest BCUT2D eigenvalue weighted by molar-refractivity contribution is 0.146. The van der Waals surface area contributed by atoms with Crippen LogP contribution in [0.2, 0.25) is 0 Å². The van der Waals surface area contributed by atoms with E-state index in [0.717, 1.165) is 25.5 Å². The topological polar surface area (TPSA) is 79.8 Å². The lowest BCUT2D eigenvalue weighted by Crippen LogP contribution is -2.42. The molecule has 0 aromatic carbocycles. The molecule has 0 rings (SSSR count). The van der Waals surface area contributed by atoms with E-state index in [0.29, 0.717) is 19.6 Å². The molecule has 6 nitrogen and oxygen atoms in total. The van der Waals surface area contributed by atoms with Crippen LogP contribution in [0.15, 0.2) is 4.99 Å². The first kappa shape index (κ1) is 23.2. The molecular formula is C13H30IN3O3S. The molecule has 1 atom stereocenters. The number of guanidine groups is 1. The van der Waals surface area contributed by atoms with Gasteiger partial charge in [0.2, 0.25) is 0 Å². The van der Waals surface area contributed by atoms with Gasteiger partial charge in [0.25, 0.3) is 0 Å². The number of aliphatic imine (C=N–C) groups is 1. The van der Waals surface area contributed by atoms with Gasteiger partial charge in [0.15, 0.2) is 5.96 Å². The molecule has 0 aromatic rings. The molecule has 0 saturated heterocycles. The van der Waals surface area contributed by atoms with E-state index >= 15 is 0 Å². The van der Waals surface area contributed by atoms with Crippen LogP contribution in [-0.2, 0) is 14.6 Å². The number of rotatable bonds is 10. The maximum Gasteiger partial charge on any atom is 0.191 e. The minimum Gasteiger partial charge on any atom is -0.382 e. The number of nitrogens with one attached hydrogen (secondary N) is 2. The summed E-state index contributed by atoms with van der Waals surface area (Å²) < 4.78 is 27.5. The average Bonchev–Trinajstić information content (AvgIpc) is 2.35. The zero-order valence-electron chi connectivity index (χ0n) is 13.5. The summed E-state index contributed by atoms with van der Waals surface area (Å²) in [5.41, 5.74) is 0. The van der Waals surface area contributed by atoms with Crippen molar-refractivity contribution in [3.05, 3.63) is 0 Å². The van der Waals surface area contributed by atoms with E-state index in [-0.39, 0.29) is 35.8 Å². The van der Waals surface area contributed by atoms with Crippen molar-refractivity contribution in [2.75, 3.05) is 38.3 Å². The summed E-state index contributed by atoms with van der Waals surface area (Å²) in [4.78, 5) is 4.43. The summed E-state index contributed by atoms with van der Waals surface area (Å²) >= 11 is 0. The molecule has 0 aromatic heterocycles. The third-order valence-electron chi connectivity index (χ3n) is 2.57. The van der Waals surface area contributed by atoms with Crippen LogP contribution < -0.4 is 10.6 Å². The Hall–Kier alpha value is -0.0900. The van der Waals surface area contributed by atoms with Crippen LogP contribution in [0.25, 0.3) is 0 Å². The number of ether oxygens (including phenoxy) is 1. The molecule has 0 amide bonds. The summed E-state index contributed by atoms with van der Waals surface area (Å²) in [5.74, 6) is 0.912. The van der Waals surface area contributed by atoms with Crippen molar-refractivity contribution < 1.29 is 13.2 Å². The van der Waals surface area contributed by atoms with E-state index in [2.05, 4.69) is 15.6 Å². The molecule has 0 radical (unpaired) electrons. The Labute approximate surface area is 146 Å². The Kier molecular flexibility index (Phi) is 15.0. The second kappa shape index (κ2) is 13.6. The van der Waals surface area contributed by atoms with Crippen molar-refractivity contribution in [1.29, 1.82) is 0 Å². The summed E-state index contributed by atoms with van der Waals surface area (Å²) in [6.45, 7) is 8.83. The van der Waals surface area contributed by atoms with Crippen molar-refractivity contribution in [2.24, 2.45) is 4.99 Å². The Morgan fingerprint density at radius 1 is 1.33 bits per heavy atom. The molecule has 0 bridgehead atoms. The smallest absolute Gasteiger partial charge is 0.191 e. The lowest BCUT2D eigenvalue weighted by atomic mass is 10.3. The number of hydrogen-bond acceptors (Lipinski definition) is 4. The Morgan fingerprint density at radius 3 is 2.52 bits per heavy atom. The molecule has 0 heterocycles. The summed E-state index contributed by atoms with van der Waals surface area (Å²) in [7, 11) is -2.91. The van der Waals surface area contributed by atoms with Crippen LogP contribution in [0.5, 0.6) is 0 Å². The van der Waals surface area contributed by atoms with Crippen molar-refractivity contribution in [3.8, 4) is 0 Å². The molecule has 0 aliphatic carbocycles. The predicted molar refractivity (Wildman–Crippen MR) is 99.4 cm³/mol. The van der Waals surface area contributed by atoms with E-state index in [1.165, 1.54) is 6.26 Å². The maximum absolute atomic E-state index is 11.1. The summed E-state index contributed by atoms with van der Waals surface area (Å²) in [5, 5.41) is 6.37. The highest BCUT2D eigenvalue weighted by Gasteiger charge is 2.09. The van der Waals surface area contributed by atoms with Gasteiger partial charge >= 0.3 is 0 Å². The van der Waals surface area contributed by atoms with Crippen molar-refractivity contribution in [3.63, 3.8) is 0 Å². The monoisotopic (exact) mass is 435 g/mol. The van der Waals surface area contributed by atoms with Crippen LogP contribution in [0.3, 0.4) is 0 Å². The zero-order valence-corrected chi connectivity index (χ0v) is 16.7. The van der Waals surface area contributed by atoms with Gasteiger partial charge in [-0.2, -0.15) is 0 Å².